The van der Waals surface area contributed by atoms with Gasteiger partial charge in [-0.2, -0.15) is 11.8 Å². The van der Waals surface area contributed by atoms with E-state index in [0.717, 1.165) is 11.5 Å². The zero-order chi connectivity index (χ0) is 12.5. The second kappa shape index (κ2) is 5.11. The fourth-order valence-corrected chi connectivity index (χ4v) is 4.84. The molecule has 0 amide bonds. The number of thioether (sulfide) groups is 1. The molecule has 0 aromatic carbocycles. The van der Waals surface area contributed by atoms with Crippen LogP contribution in [0, 0.1) is 6.92 Å². The highest BCUT2D eigenvalue weighted by Gasteiger charge is 2.21. The van der Waals surface area contributed by atoms with Crippen molar-refractivity contribution in [2.45, 2.75) is 25.1 Å². The molecule has 0 fully saturated rings. The van der Waals surface area contributed by atoms with E-state index in [1.165, 1.54) is 28.4 Å². The van der Waals surface area contributed by atoms with Crippen molar-refractivity contribution in [2.75, 3.05) is 12.8 Å². The molecular formula is C14H17NOS2. The molecule has 0 saturated carbocycles. The molecule has 18 heavy (non-hydrogen) atoms. The molecule has 3 rings (SSSR count). The van der Waals surface area contributed by atoms with Crippen LogP contribution >= 0.6 is 23.1 Å². The molecule has 2 aromatic rings. The molecule has 0 radical (unpaired) electrons. The summed E-state index contributed by atoms with van der Waals surface area (Å²) in [6, 6.07) is 6.65. The summed E-state index contributed by atoms with van der Waals surface area (Å²) in [7, 11) is 2.00. The molecule has 2 nitrogen and oxygen atoms in total. The van der Waals surface area contributed by atoms with Gasteiger partial charge in [0.15, 0.2) is 0 Å². The van der Waals surface area contributed by atoms with Crippen LogP contribution in [0.5, 0.6) is 0 Å². The summed E-state index contributed by atoms with van der Waals surface area (Å²) in [6.07, 6.45) is 1.22. The Hall–Kier alpha value is -0.710. The SMILES string of the molecule is CNC(c1ccc(C)o1)c1cc2c(s1)CCSC2. The van der Waals surface area contributed by atoms with E-state index >= 15 is 0 Å². The van der Waals surface area contributed by atoms with Crippen LogP contribution in [0.3, 0.4) is 0 Å². The van der Waals surface area contributed by atoms with E-state index in [0.29, 0.717) is 0 Å². The fraction of sp³-hybridized carbons (Fsp3) is 0.429. The first-order chi connectivity index (χ1) is 8.78. The van der Waals surface area contributed by atoms with Crippen molar-refractivity contribution in [3.8, 4) is 0 Å². The Morgan fingerprint density at radius 2 is 2.28 bits per heavy atom. The summed E-state index contributed by atoms with van der Waals surface area (Å²) in [6.45, 7) is 1.99. The van der Waals surface area contributed by atoms with Crippen LogP contribution in [0.2, 0.25) is 0 Å². The van der Waals surface area contributed by atoms with Crippen molar-refractivity contribution < 1.29 is 4.42 Å². The maximum Gasteiger partial charge on any atom is 0.126 e. The fourth-order valence-electron chi connectivity index (χ4n) is 2.35. The van der Waals surface area contributed by atoms with Gasteiger partial charge in [0.05, 0.1) is 0 Å². The Labute approximate surface area is 116 Å². The largest absolute Gasteiger partial charge is 0.464 e. The first-order valence-electron chi connectivity index (χ1n) is 6.21. The Morgan fingerprint density at radius 3 is 2.94 bits per heavy atom. The lowest BCUT2D eigenvalue weighted by Crippen LogP contribution is -2.15. The van der Waals surface area contributed by atoms with Crippen molar-refractivity contribution in [3.63, 3.8) is 0 Å². The summed E-state index contributed by atoms with van der Waals surface area (Å²) in [5.41, 5.74) is 1.52. The third-order valence-corrected chi connectivity index (χ3v) is 5.58. The maximum absolute atomic E-state index is 5.76. The highest BCUT2D eigenvalue weighted by atomic mass is 32.2. The summed E-state index contributed by atoms with van der Waals surface area (Å²) >= 11 is 3.97. The normalized spacial score (nSPS) is 16.6. The molecule has 1 N–H and O–H groups in total. The van der Waals surface area contributed by atoms with Gasteiger partial charge in [-0.3, -0.25) is 0 Å². The van der Waals surface area contributed by atoms with Gasteiger partial charge in [0.2, 0.25) is 0 Å². The van der Waals surface area contributed by atoms with Crippen molar-refractivity contribution in [1.29, 1.82) is 0 Å². The number of nitrogens with one attached hydrogen (secondary N) is 1. The number of rotatable bonds is 3. The van der Waals surface area contributed by atoms with Crippen LogP contribution in [-0.2, 0) is 12.2 Å². The first kappa shape index (κ1) is 12.3. The van der Waals surface area contributed by atoms with E-state index < -0.39 is 0 Å². The van der Waals surface area contributed by atoms with Gasteiger partial charge in [0.1, 0.15) is 17.6 Å². The van der Waals surface area contributed by atoms with Crippen LogP contribution in [0.4, 0.5) is 0 Å². The van der Waals surface area contributed by atoms with Gasteiger partial charge < -0.3 is 9.73 Å². The van der Waals surface area contributed by atoms with Gasteiger partial charge in [-0.05, 0) is 49.9 Å². The monoisotopic (exact) mass is 279 g/mol. The van der Waals surface area contributed by atoms with E-state index in [2.05, 4.69) is 17.4 Å². The van der Waals surface area contributed by atoms with Crippen LogP contribution in [0.1, 0.15) is 32.9 Å². The molecule has 2 aromatic heterocycles. The quantitative estimate of drug-likeness (QED) is 0.926. The molecular weight excluding hydrogens is 262 g/mol. The summed E-state index contributed by atoms with van der Waals surface area (Å²) in [4.78, 5) is 2.94. The number of hydrogen-bond acceptors (Lipinski definition) is 4. The minimum atomic E-state index is 0.194. The molecule has 0 aliphatic carbocycles. The van der Waals surface area contributed by atoms with Gasteiger partial charge in [0.25, 0.3) is 0 Å². The highest BCUT2D eigenvalue weighted by molar-refractivity contribution is 7.98. The third-order valence-electron chi connectivity index (χ3n) is 3.27. The van der Waals surface area contributed by atoms with E-state index in [1.807, 2.05) is 43.1 Å². The van der Waals surface area contributed by atoms with E-state index in [9.17, 15) is 0 Å². The Morgan fingerprint density at radius 1 is 1.39 bits per heavy atom. The molecule has 1 aliphatic heterocycles. The smallest absolute Gasteiger partial charge is 0.126 e. The predicted octanol–water partition coefficient (Wildman–Crippen LogP) is 3.75. The zero-order valence-corrected chi connectivity index (χ0v) is 12.3. The lowest BCUT2D eigenvalue weighted by molar-refractivity contribution is 0.446. The summed E-state index contributed by atoms with van der Waals surface area (Å²) in [5.74, 6) is 4.42. The number of thiophene rings is 1. The van der Waals surface area contributed by atoms with Crippen LogP contribution in [0.25, 0.3) is 0 Å². The molecule has 0 saturated heterocycles. The Kier molecular flexibility index (Phi) is 3.50. The number of furan rings is 1. The zero-order valence-electron chi connectivity index (χ0n) is 10.7. The Balaban J connectivity index is 1.94. The predicted molar refractivity (Wildman–Crippen MR) is 78.5 cm³/mol. The average Bonchev–Trinajstić information content (AvgIpc) is 2.96. The lowest BCUT2D eigenvalue weighted by atomic mass is 10.1. The molecule has 1 unspecified atom stereocenters. The second-order valence-corrected chi connectivity index (χ2v) is 6.84. The maximum atomic E-state index is 5.76. The molecule has 1 atom stereocenters. The van der Waals surface area contributed by atoms with Gasteiger partial charge in [-0.25, -0.2) is 0 Å². The first-order valence-corrected chi connectivity index (χ1v) is 8.18. The molecule has 0 spiro atoms. The minimum Gasteiger partial charge on any atom is -0.464 e. The van der Waals surface area contributed by atoms with Crippen molar-refractivity contribution >= 4 is 23.1 Å². The number of aryl methyl sites for hydroxylation is 2. The van der Waals surface area contributed by atoms with E-state index in [-0.39, 0.29) is 6.04 Å². The van der Waals surface area contributed by atoms with Crippen LogP contribution in [0.15, 0.2) is 22.6 Å². The molecule has 3 heterocycles. The third kappa shape index (κ3) is 2.25. The second-order valence-electron chi connectivity index (χ2n) is 4.57. The molecule has 1 aliphatic rings. The molecule has 0 bridgehead atoms. The van der Waals surface area contributed by atoms with Crippen molar-refractivity contribution in [2.24, 2.45) is 0 Å². The summed E-state index contributed by atoms with van der Waals surface area (Å²) in [5, 5.41) is 3.37. The van der Waals surface area contributed by atoms with Gasteiger partial charge in [-0.1, -0.05) is 0 Å². The van der Waals surface area contributed by atoms with Crippen molar-refractivity contribution in [1.82, 2.24) is 5.32 Å². The average molecular weight is 279 g/mol. The van der Waals surface area contributed by atoms with Crippen molar-refractivity contribution in [3.05, 3.63) is 45.0 Å². The molecule has 96 valence electrons. The number of fused-ring (bicyclic) bond motifs is 1. The van der Waals surface area contributed by atoms with E-state index in [1.54, 1.807) is 4.88 Å². The van der Waals surface area contributed by atoms with Crippen LogP contribution in [-0.4, -0.2) is 12.8 Å². The number of hydrogen-bond donors (Lipinski definition) is 1. The molecule has 4 heteroatoms. The Bertz CT molecular complexity index is 520. The van der Waals surface area contributed by atoms with Crippen LogP contribution < -0.4 is 5.32 Å². The lowest BCUT2D eigenvalue weighted by Gasteiger charge is -2.11. The highest BCUT2D eigenvalue weighted by Crippen LogP contribution is 2.36. The van der Waals surface area contributed by atoms with Gasteiger partial charge in [-0.15, -0.1) is 11.3 Å². The van der Waals surface area contributed by atoms with E-state index in [4.69, 9.17) is 4.42 Å². The standard InChI is InChI=1S/C14H17NOS2/c1-9-3-4-11(16-9)14(15-2)13-7-10-8-17-6-5-12(10)18-13/h3-4,7,14-15H,5-6,8H2,1-2H3. The van der Waals surface area contributed by atoms with Gasteiger partial charge in [0, 0.05) is 15.5 Å². The summed E-state index contributed by atoms with van der Waals surface area (Å²) < 4.78 is 5.76. The topological polar surface area (TPSA) is 25.2 Å². The van der Waals surface area contributed by atoms with Gasteiger partial charge >= 0.3 is 0 Å². The minimum absolute atomic E-state index is 0.194.